The van der Waals surface area contributed by atoms with Crippen molar-refractivity contribution in [2.45, 2.75) is 13.8 Å². The average Bonchev–Trinajstić information content (AvgIpc) is 3.22. The summed E-state index contributed by atoms with van der Waals surface area (Å²) >= 11 is 0. The van der Waals surface area contributed by atoms with Gasteiger partial charge in [0.05, 0.1) is 0 Å². The van der Waals surface area contributed by atoms with Crippen LogP contribution in [0.1, 0.15) is 22.3 Å². The minimum atomic E-state index is 1.09. The van der Waals surface area contributed by atoms with E-state index >= 15 is 0 Å². The van der Waals surface area contributed by atoms with Gasteiger partial charge in [-0.2, -0.15) is 0 Å². The molecule has 0 aliphatic heterocycles. The lowest BCUT2D eigenvalue weighted by Gasteiger charge is -2.19. The quantitative estimate of drug-likeness (QED) is 0.156. The molecule has 0 heterocycles. The van der Waals surface area contributed by atoms with Gasteiger partial charge in [-0.3, -0.25) is 0 Å². The average molecular weight is 689 g/mol. The van der Waals surface area contributed by atoms with Crippen molar-refractivity contribution in [3.05, 3.63) is 205 Å². The van der Waals surface area contributed by atoms with Gasteiger partial charge in [-0.15, -0.1) is 0 Å². The predicted octanol–water partition coefficient (Wildman–Crippen LogP) is 15.4. The zero-order valence-corrected chi connectivity index (χ0v) is 30.7. The van der Waals surface area contributed by atoms with Crippen LogP contribution in [0, 0.1) is 13.8 Å². The van der Waals surface area contributed by atoms with Crippen molar-refractivity contribution in [3.63, 3.8) is 0 Å². The highest BCUT2D eigenvalue weighted by atomic mass is 14.2. The summed E-state index contributed by atoms with van der Waals surface area (Å²) in [5, 5.41) is 7.41. The van der Waals surface area contributed by atoms with Crippen LogP contribution in [0.2, 0.25) is 0 Å². The molecule has 0 atom stereocenters. The number of hydrogen-bond acceptors (Lipinski definition) is 0. The third-order valence-electron chi connectivity index (χ3n) is 11.0. The topological polar surface area (TPSA) is 0 Å². The van der Waals surface area contributed by atoms with Crippen LogP contribution in [-0.4, -0.2) is 0 Å². The molecule has 0 saturated carbocycles. The first-order valence-corrected chi connectivity index (χ1v) is 18.6. The van der Waals surface area contributed by atoms with Gasteiger partial charge in [0, 0.05) is 0 Å². The van der Waals surface area contributed by atoms with E-state index in [1.165, 1.54) is 88.0 Å². The van der Waals surface area contributed by atoms with Crippen molar-refractivity contribution in [2.75, 3.05) is 0 Å². The molecular formula is C54H40. The lowest BCUT2D eigenvalue weighted by atomic mass is 9.85. The van der Waals surface area contributed by atoms with Gasteiger partial charge in [0.2, 0.25) is 0 Å². The van der Waals surface area contributed by atoms with Crippen LogP contribution in [0.4, 0.5) is 0 Å². The lowest BCUT2D eigenvalue weighted by molar-refractivity contribution is 1.46. The first-order chi connectivity index (χ1) is 26.5. The molecule has 0 radical (unpaired) electrons. The van der Waals surface area contributed by atoms with Crippen LogP contribution in [0.5, 0.6) is 0 Å². The Morgan fingerprint density at radius 1 is 0.315 bits per heavy atom. The first-order valence-electron chi connectivity index (χ1n) is 18.6. The second kappa shape index (κ2) is 13.7. The number of fused-ring (bicyclic) bond motifs is 3. The van der Waals surface area contributed by atoms with Gasteiger partial charge in [0.25, 0.3) is 0 Å². The molecule has 9 rings (SSSR count). The Bertz CT molecular complexity index is 2900. The van der Waals surface area contributed by atoms with E-state index in [-0.39, 0.29) is 0 Å². The molecule has 0 aliphatic rings. The number of rotatable bonds is 7. The van der Waals surface area contributed by atoms with Crippen LogP contribution < -0.4 is 0 Å². The minimum Gasteiger partial charge on any atom is -0.0984 e. The summed E-state index contributed by atoms with van der Waals surface area (Å²) < 4.78 is 0. The highest BCUT2D eigenvalue weighted by Crippen LogP contribution is 2.43. The molecule has 0 aliphatic carbocycles. The highest BCUT2D eigenvalue weighted by molar-refractivity contribution is 6.13. The Morgan fingerprint density at radius 2 is 0.685 bits per heavy atom. The number of aryl methyl sites for hydroxylation is 2. The van der Waals surface area contributed by atoms with E-state index in [1.54, 1.807) is 0 Å². The largest absolute Gasteiger partial charge is 0.0984 e. The molecule has 0 saturated heterocycles. The van der Waals surface area contributed by atoms with Gasteiger partial charge in [-0.1, -0.05) is 194 Å². The summed E-state index contributed by atoms with van der Waals surface area (Å²) in [6.45, 7) is 12.8. The molecule has 0 spiro atoms. The van der Waals surface area contributed by atoms with E-state index in [0.717, 1.165) is 22.3 Å². The normalized spacial score (nSPS) is 11.3. The van der Waals surface area contributed by atoms with Crippen molar-refractivity contribution >= 4 is 44.5 Å². The fraction of sp³-hybridized carbons (Fsp3) is 0.0370. The van der Waals surface area contributed by atoms with Crippen LogP contribution in [0.3, 0.4) is 0 Å². The highest BCUT2D eigenvalue weighted by Gasteiger charge is 2.17. The minimum absolute atomic E-state index is 1.09. The molecule has 54 heavy (non-hydrogen) atoms. The standard InChI is InChI=1S/C54H40/c1-5-43-44(6-2)51(29-27-45(43)38-21-17-36(4)18-22-38)52-31-32-54(50-14-10-9-13-49(50)52)53-30-28-46(47-11-7-8-12-48(47)53)42-26-25-40-33-39(23-24-41(40)34-42)37-19-15-35(3)16-20-37/h5-34H,1-2H2,3-4H3. The molecule has 0 amide bonds. The summed E-state index contributed by atoms with van der Waals surface area (Å²) in [5.41, 5.74) is 16.8. The fourth-order valence-electron chi connectivity index (χ4n) is 8.19. The van der Waals surface area contributed by atoms with Crippen LogP contribution in [-0.2, 0) is 0 Å². The molecule has 0 aromatic heterocycles. The van der Waals surface area contributed by atoms with Crippen LogP contribution in [0.15, 0.2) is 183 Å². The molecule has 0 fully saturated rings. The molecule has 0 unspecified atom stereocenters. The second-order valence-corrected chi connectivity index (χ2v) is 14.3. The van der Waals surface area contributed by atoms with E-state index in [0.29, 0.717) is 0 Å². The SMILES string of the molecule is C=Cc1c(-c2ccc(C)cc2)ccc(-c2ccc(-c3ccc(-c4ccc5cc(-c6ccc(C)cc6)ccc5c4)c4ccccc34)c3ccccc23)c1C=C. The summed E-state index contributed by atoms with van der Waals surface area (Å²) in [6, 6.07) is 62.4. The van der Waals surface area contributed by atoms with Gasteiger partial charge < -0.3 is 0 Å². The van der Waals surface area contributed by atoms with Crippen LogP contribution in [0.25, 0.3) is 100 Å². The Hall–Kier alpha value is -6.76. The molecule has 0 N–H and O–H groups in total. The summed E-state index contributed by atoms with van der Waals surface area (Å²) in [7, 11) is 0. The third-order valence-corrected chi connectivity index (χ3v) is 11.0. The molecule has 0 heteroatoms. The van der Waals surface area contributed by atoms with Gasteiger partial charge in [-0.05, 0) is 125 Å². The molecule has 256 valence electrons. The Balaban J connectivity index is 1.15. The fourth-order valence-corrected chi connectivity index (χ4v) is 8.19. The Morgan fingerprint density at radius 3 is 1.22 bits per heavy atom. The molecule has 9 aromatic rings. The first kappa shape index (κ1) is 33.1. The maximum atomic E-state index is 4.27. The van der Waals surface area contributed by atoms with Crippen molar-refractivity contribution in [3.8, 4) is 55.6 Å². The Kier molecular flexibility index (Phi) is 8.37. The number of hydrogen-bond donors (Lipinski definition) is 0. The molecule has 9 aromatic carbocycles. The maximum absolute atomic E-state index is 4.27. The van der Waals surface area contributed by atoms with Crippen molar-refractivity contribution < 1.29 is 0 Å². The van der Waals surface area contributed by atoms with E-state index in [9.17, 15) is 0 Å². The zero-order chi connectivity index (χ0) is 36.8. The van der Waals surface area contributed by atoms with Gasteiger partial charge in [0.1, 0.15) is 0 Å². The summed E-state index contributed by atoms with van der Waals surface area (Å²) in [5.74, 6) is 0. The van der Waals surface area contributed by atoms with E-state index in [1.807, 2.05) is 12.2 Å². The number of benzene rings is 9. The van der Waals surface area contributed by atoms with E-state index in [2.05, 4.69) is 197 Å². The van der Waals surface area contributed by atoms with Gasteiger partial charge in [-0.25, -0.2) is 0 Å². The van der Waals surface area contributed by atoms with Crippen molar-refractivity contribution in [1.82, 2.24) is 0 Å². The van der Waals surface area contributed by atoms with Gasteiger partial charge in [0.15, 0.2) is 0 Å². The molecular weight excluding hydrogens is 649 g/mol. The summed E-state index contributed by atoms with van der Waals surface area (Å²) in [4.78, 5) is 0. The Labute approximate surface area is 318 Å². The zero-order valence-electron chi connectivity index (χ0n) is 30.7. The molecule has 0 nitrogen and oxygen atoms in total. The summed E-state index contributed by atoms with van der Waals surface area (Å²) in [6.07, 6.45) is 3.95. The van der Waals surface area contributed by atoms with Gasteiger partial charge >= 0.3 is 0 Å². The van der Waals surface area contributed by atoms with Crippen LogP contribution >= 0.6 is 0 Å². The van der Waals surface area contributed by atoms with E-state index in [4.69, 9.17) is 0 Å². The van der Waals surface area contributed by atoms with E-state index < -0.39 is 0 Å². The van der Waals surface area contributed by atoms with Crippen molar-refractivity contribution in [1.29, 1.82) is 0 Å². The predicted molar refractivity (Wildman–Crippen MR) is 236 cm³/mol. The maximum Gasteiger partial charge on any atom is -0.00987 e. The third kappa shape index (κ3) is 5.74. The second-order valence-electron chi connectivity index (χ2n) is 14.3. The smallest absolute Gasteiger partial charge is 0.00987 e. The lowest BCUT2D eigenvalue weighted by Crippen LogP contribution is -1.94. The molecule has 0 bridgehead atoms. The monoisotopic (exact) mass is 688 g/mol. The van der Waals surface area contributed by atoms with Crippen molar-refractivity contribution in [2.24, 2.45) is 0 Å².